The normalized spacial score (nSPS) is 10.3. The molecule has 0 spiro atoms. The number of thiophene rings is 1. The van der Waals surface area contributed by atoms with Crippen LogP contribution < -0.4 is 0 Å². The molecular weight excluding hydrogens is 226 g/mol. The number of nitrogens with zero attached hydrogens (tertiary/aromatic N) is 1. The zero-order chi connectivity index (χ0) is 11.7. The Labute approximate surface area is 104 Å². The number of benzene rings is 2. The van der Waals surface area contributed by atoms with Crippen molar-refractivity contribution in [3.63, 3.8) is 0 Å². The fourth-order valence-corrected chi connectivity index (χ4v) is 2.83. The zero-order valence-electron chi connectivity index (χ0n) is 9.05. The van der Waals surface area contributed by atoms with Gasteiger partial charge in [-0.1, -0.05) is 42.5 Å². The lowest BCUT2D eigenvalue weighted by Crippen LogP contribution is -1.76. The smallest absolute Gasteiger partial charge is 0.110 e. The van der Waals surface area contributed by atoms with Gasteiger partial charge < -0.3 is 0 Å². The van der Waals surface area contributed by atoms with Gasteiger partial charge in [0.2, 0.25) is 0 Å². The van der Waals surface area contributed by atoms with Crippen molar-refractivity contribution < 1.29 is 0 Å². The van der Waals surface area contributed by atoms with Crippen molar-refractivity contribution in [1.82, 2.24) is 0 Å². The summed E-state index contributed by atoms with van der Waals surface area (Å²) in [6.45, 7) is 0. The third-order valence-electron chi connectivity index (χ3n) is 2.77. The Morgan fingerprint density at radius 2 is 1.71 bits per heavy atom. The minimum atomic E-state index is 0.757. The lowest BCUT2D eigenvalue weighted by atomic mass is 10.0. The van der Waals surface area contributed by atoms with Crippen molar-refractivity contribution in [1.29, 1.82) is 5.26 Å². The first-order valence-corrected chi connectivity index (χ1v) is 6.18. The highest BCUT2D eigenvalue weighted by molar-refractivity contribution is 7.16. The van der Waals surface area contributed by atoms with Gasteiger partial charge in [-0.05, 0) is 28.5 Å². The summed E-state index contributed by atoms with van der Waals surface area (Å²) in [4.78, 5) is 1.91. The fourth-order valence-electron chi connectivity index (χ4n) is 1.98. The average molecular weight is 235 g/mol. The van der Waals surface area contributed by atoms with E-state index in [1.54, 1.807) is 0 Å². The molecule has 1 nitrogen and oxygen atoms in total. The molecule has 3 rings (SSSR count). The van der Waals surface area contributed by atoms with Crippen LogP contribution in [0.4, 0.5) is 0 Å². The SMILES string of the molecule is N#Cc1ccc(-c2cccc3ccccc23)s1. The summed E-state index contributed by atoms with van der Waals surface area (Å²) in [5.41, 5.74) is 1.20. The Hall–Kier alpha value is -2.11. The van der Waals surface area contributed by atoms with E-state index in [-0.39, 0.29) is 0 Å². The van der Waals surface area contributed by atoms with E-state index in [4.69, 9.17) is 5.26 Å². The Bertz CT molecular complexity index is 714. The molecule has 1 heterocycles. The van der Waals surface area contributed by atoms with Gasteiger partial charge in [0, 0.05) is 4.88 Å². The van der Waals surface area contributed by atoms with Crippen LogP contribution in [0.3, 0.4) is 0 Å². The molecule has 0 atom stereocenters. The molecule has 80 valence electrons. The fraction of sp³-hybridized carbons (Fsp3) is 0. The number of hydrogen-bond donors (Lipinski definition) is 0. The molecular formula is C15H9NS. The summed E-state index contributed by atoms with van der Waals surface area (Å²) >= 11 is 1.54. The molecule has 0 radical (unpaired) electrons. The first-order chi connectivity index (χ1) is 8.38. The van der Waals surface area contributed by atoms with Gasteiger partial charge in [0.15, 0.2) is 0 Å². The van der Waals surface area contributed by atoms with Gasteiger partial charge >= 0.3 is 0 Å². The highest BCUT2D eigenvalue weighted by atomic mass is 32.1. The number of nitriles is 1. The number of hydrogen-bond acceptors (Lipinski definition) is 2. The zero-order valence-corrected chi connectivity index (χ0v) is 9.87. The summed E-state index contributed by atoms with van der Waals surface area (Å²) in [6, 6.07) is 20.7. The molecule has 17 heavy (non-hydrogen) atoms. The second-order valence-electron chi connectivity index (χ2n) is 3.80. The molecule has 1 aromatic heterocycles. The Kier molecular flexibility index (Phi) is 2.40. The Balaban J connectivity index is 2.27. The number of rotatable bonds is 1. The van der Waals surface area contributed by atoms with Crippen molar-refractivity contribution in [2.75, 3.05) is 0 Å². The molecule has 0 amide bonds. The predicted octanol–water partition coefficient (Wildman–Crippen LogP) is 4.44. The topological polar surface area (TPSA) is 23.8 Å². The molecule has 0 saturated heterocycles. The molecule has 0 bridgehead atoms. The summed E-state index contributed by atoms with van der Waals surface area (Å²) in [5.74, 6) is 0. The van der Waals surface area contributed by atoms with Crippen LogP contribution >= 0.6 is 11.3 Å². The molecule has 0 N–H and O–H groups in total. The van der Waals surface area contributed by atoms with E-state index in [9.17, 15) is 0 Å². The van der Waals surface area contributed by atoms with Crippen LogP contribution in [0.5, 0.6) is 0 Å². The molecule has 2 aromatic carbocycles. The average Bonchev–Trinajstić information content (AvgIpc) is 2.87. The van der Waals surface area contributed by atoms with Gasteiger partial charge in [0.25, 0.3) is 0 Å². The van der Waals surface area contributed by atoms with E-state index in [1.165, 1.54) is 27.7 Å². The van der Waals surface area contributed by atoms with Gasteiger partial charge in [0.1, 0.15) is 10.9 Å². The second kappa shape index (κ2) is 4.04. The largest absolute Gasteiger partial charge is 0.192 e. The quantitative estimate of drug-likeness (QED) is 0.611. The highest BCUT2D eigenvalue weighted by Gasteiger charge is 2.05. The third kappa shape index (κ3) is 1.71. The first-order valence-electron chi connectivity index (χ1n) is 5.36. The van der Waals surface area contributed by atoms with Crippen molar-refractivity contribution in [2.24, 2.45) is 0 Å². The van der Waals surface area contributed by atoms with Crippen LogP contribution in [-0.4, -0.2) is 0 Å². The van der Waals surface area contributed by atoms with E-state index < -0.39 is 0 Å². The van der Waals surface area contributed by atoms with Gasteiger partial charge in [-0.2, -0.15) is 5.26 Å². The Morgan fingerprint density at radius 3 is 2.53 bits per heavy atom. The summed E-state index contributed by atoms with van der Waals surface area (Å²) < 4.78 is 0. The van der Waals surface area contributed by atoms with Crippen LogP contribution in [0, 0.1) is 11.3 Å². The monoisotopic (exact) mass is 235 g/mol. The van der Waals surface area contributed by atoms with Gasteiger partial charge in [0.05, 0.1) is 0 Å². The van der Waals surface area contributed by atoms with Crippen LogP contribution in [0.15, 0.2) is 54.6 Å². The Morgan fingerprint density at radius 1 is 0.882 bits per heavy atom. The lowest BCUT2D eigenvalue weighted by Gasteiger charge is -2.03. The van der Waals surface area contributed by atoms with E-state index in [0.29, 0.717) is 0 Å². The van der Waals surface area contributed by atoms with Gasteiger partial charge in [-0.15, -0.1) is 11.3 Å². The lowest BCUT2D eigenvalue weighted by molar-refractivity contribution is 1.52. The van der Waals surface area contributed by atoms with E-state index in [2.05, 4.69) is 36.4 Å². The maximum absolute atomic E-state index is 8.87. The molecule has 0 aliphatic rings. The maximum Gasteiger partial charge on any atom is 0.110 e. The van der Waals surface area contributed by atoms with Gasteiger partial charge in [-0.25, -0.2) is 0 Å². The van der Waals surface area contributed by atoms with Crippen LogP contribution in [0.2, 0.25) is 0 Å². The molecule has 3 aromatic rings. The van der Waals surface area contributed by atoms with Crippen LogP contribution in [-0.2, 0) is 0 Å². The predicted molar refractivity (Wildman–Crippen MR) is 72.0 cm³/mol. The van der Waals surface area contributed by atoms with Crippen LogP contribution in [0.1, 0.15) is 4.88 Å². The molecule has 0 fully saturated rings. The van der Waals surface area contributed by atoms with E-state index in [0.717, 1.165) is 9.75 Å². The molecule has 0 unspecified atom stereocenters. The molecule has 0 aliphatic heterocycles. The first kappa shape index (κ1) is 10.1. The maximum atomic E-state index is 8.87. The third-order valence-corrected chi connectivity index (χ3v) is 3.79. The van der Waals surface area contributed by atoms with Crippen molar-refractivity contribution in [2.45, 2.75) is 0 Å². The summed E-state index contributed by atoms with van der Waals surface area (Å²) in [6.07, 6.45) is 0. The van der Waals surface area contributed by atoms with Crippen molar-refractivity contribution in [3.05, 3.63) is 59.5 Å². The molecule has 0 saturated carbocycles. The molecule has 2 heteroatoms. The molecule has 0 aliphatic carbocycles. The van der Waals surface area contributed by atoms with E-state index in [1.807, 2.05) is 24.3 Å². The minimum absolute atomic E-state index is 0.757. The summed E-state index contributed by atoms with van der Waals surface area (Å²) in [7, 11) is 0. The van der Waals surface area contributed by atoms with Crippen LogP contribution in [0.25, 0.3) is 21.2 Å². The minimum Gasteiger partial charge on any atom is -0.192 e. The second-order valence-corrected chi connectivity index (χ2v) is 4.89. The summed E-state index contributed by atoms with van der Waals surface area (Å²) in [5, 5.41) is 11.3. The highest BCUT2D eigenvalue weighted by Crippen LogP contribution is 2.33. The van der Waals surface area contributed by atoms with E-state index >= 15 is 0 Å². The van der Waals surface area contributed by atoms with Crippen molar-refractivity contribution >= 4 is 22.1 Å². The van der Waals surface area contributed by atoms with Crippen molar-refractivity contribution in [3.8, 4) is 16.5 Å². The van der Waals surface area contributed by atoms with Gasteiger partial charge in [-0.3, -0.25) is 0 Å². The number of fused-ring (bicyclic) bond motifs is 1. The standard InChI is InChI=1S/C15H9NS/c16-10-12-8-9-15(17-12)14-7-3-5-11-4-1-2-6-13(11)14/h1-9H.